The van der Waals surface area contributed by atoms with Crippen LogP contribution in [0, 0.1) is 0 Å². The molecular formula is C13H19NO2. The molecule has 88 valence electrons. The molecule has 1 aromatic carbocycles. The Kier molecular flexibility index (Phi) is 2.70. The third-order valence-corrected chi connectivity index (χ3v) is 2.84. The Balaban J connectivity index is 2.40. The first-order chi connectivity index (χ1) is 7.52. The van der Waals surface area contributed by atoms with Crippen molar-refractivity contribution in [3.63, 3.8) is 0 Å². The summed E-state index contributed by atoms with van der Waals surface area (Å²) in [6.45, 7) is 8.31. The third kappa shape index (κ3) is 1.94. The zero-order valence-corrected chi connectivity index (χ0v) is 10.4. The van der Waals surface area contributed by atoms with Crippen LogP contribution in [0.3, 0.4) is 0 Å². The SMILES string of the molecule is COc1ccc2c(c1)OCCN2C(C)(C)C. The van der Waals surface area contributed by atoms with Crippen LogP contribution in [0.4, 0.5) is 5.69 Å². The van der Waals surface area contributed by atoms with Crippen LogP contribution in [-0.4, -0.2) is 25.8 Å². The highest BCUT2D eigenvalue weighted by Gasteiger charge is 2.27. The molecule has 1 heterocycles. The lowest BCUT2D eigenvalue weighted by atomic mass is 10.0. The third-order valence-electron chi connectivity index (χ3n) is 2.84. The van der Waals surface area contributed by atoms with E-state index in [-0.39, 0.29) is 5.54 Å². The van der Waals surface area contributed by atoms with Crippen molar-refractivity contribution in [3.8, 4) is 11.5 Å². The van der Waals surface area contributed by atoms with Gasteiger partial charge in [0.15, 0.2) is 0 Å². The van der Waals surface area contributed by atoms with E-state index in [1.165, 1.54) is 0 Å². The Morgan fingerprint density at radius 1 is 1.31 bits per heavy atom. The van der Waals surface area contributed by atoms with Gasteiger partial charge in [-0.1, -0.05) is 0 Å². The van der Waals surface area contributed by atoms with E-state index in [4.69, 9.17) is 9.47 Å². The van der Waals surface area contributed by atoms with Gasteiger partial charge >= 0.3 is 0 Å². The van der Waals surface area contributed by atoms with E-state index in [0.717, 1.165) is 30.3 Å². The molecule has 0 saturated carbocycles. The molecule has 3 nitrogen and oxygen atoms in total. The molecule has 16 heavy (non-hydrogen) atoms. The molecule has 1 aliphatic heterocycles. The fourth-order valence-corrected chi connectivity index (χ4v) is 2.02. The zero-order chi connectivity index (χ0) is 11.8. The van der Waals surface area contributed by atoms with Gasteiger partial charge in [0.25, 0.3) is 0 Å². The van der Waals surface area contributed by atoms with Gasteiger partial charge in [0.2, 0.25) is 0 Å². The summed E-state index contributed by atoms with van der Waals surface area (Å²) in [7, 11) is 1.67. The summed E-state index contributed by atoms with van der Waals surface area (Å²) < 4.78 is 10.9. The number of benzene rings is 1. The highest BCUT2D eigenvalue weighted by Crippen LogP contribution is 2.38. The number of nitrogens with zero attached hydrogens (tertiary/aromatic N) is 1. The van der Waals surface area contributed by atoms with Crippen LogP contribution in [0.25, 0.3) is 0 Å². The van der Waals surface area contributed by atoms with Gasteiger partial charge in [-0.2, -0.15) is 0 Å². The molecule has 0 atom stereocenters. The fourth-order valence-electron chi connectivity index (χ4n) is 2.02. The molecule has 0 fully saturated rings. The van der Waals surface area contributed by atoms with E-state index >= 15 is 0 Å². The van der Waals surface area contributed by atoms with Gasteiger partial charge in [-0.15, -0.1) is 0 Å². The summed E-state index contributed by atoms with van der Waals surface area (Å²) in [6, 6.07) is 6.00. The van der Waals surface area contributed by atoms with Crippen molar-refractivity contribution in [2.45, 2.75) is 26.3 Å². The second-order valence-electron chi connectivity index (χ2n) is 5.00. The topological polar surface area (TPSA) is 21.7 Å². The first kappa shape index (κ1) is 11.1. The second kappa shape index (κ2) is 3.89. The van der Waals surface area contributed by atoms with Gasteiger partial charge in [0.1, 0.15) is 18.1 Å². The standard InChI is InChI=1S/C13H19NO2/c1-13(2,3)14-7-8-16-12-9-10(15-4)5-6-11(12)14/h5-6,9H,7-8H2,1-4H3. The summed E-state index contributed by atoms with van der Waals surface area (Å²) >= 11 is 0. The molecule has 0 unspecified atom stereocenters. The minimum absolute atomic E-state index is 0.118. The zero-order valence-electron chi connectivity index (χ0n) is 10.4. The Morgan fingerprint density at radius 3 is 2.69 bits per heavy atom. The van der Waals surface area contributed by atoms with Crippen LogP contribution < -0.4 is 14.4 Å². The minimum atomic E-state index is 0.118. The number of anilines is 1. The Labute approximate surface area is 97.0 Å². The van der Waals surface area contributed by atoms with Gasteiger partial charge in [-0.25, -0.2) is 0 Å². The highest BCUT2D eigenvalue weighted by molar-refractivity contribution is 5.63. The predicted octanol–water partition coefficient (Wildman–Crippen LogP) is 2.69. The van der Waals surface area contributed by atoms with E-state index in [0.29, 0.717) is 0 Å². The molecule has 0 saturated heterocycles. The number of fused-ring (bicyclic) bond motifs is 1. The number of methoxy groups -OCH3 is 1. The van der Waals surface area contributed by atoms with Crippen molar-refractivity contribution in [1.29, 1.82) is 0 Å². The van der Waals surface area contributed by atoms with Gasteiger partial charge < -0.3 is 14.4 Å². The first-order valence-corrected chi connectivity index (χ1v) is 5.61. The Morgan fingerprint density at radius 2 is 2.06 bits per heavy atom. The fraction of sp³-hybridized carbons (Fsp3) is 0.538. The largest absolute Gasteiger partial charge is 0.497 e. The van der Waals surface area contributed by atoms with Crippen molar-refractivity contribution >= 4 is 5.69 Å². The smallest absolute Gasteiger partial charge is 0.146 e. The maximum atomic E-state index is 5.67. The highest BCUT2D eigenvalue weighted by atomic mass is 16.5. The molecule has 1 aromatic rings. The van der Waals surface area contributed by atoms with Crippen molar-refractivity contribution in [2.75, 3.05) is 25.2 Å². The van der Waals surface area contributed by atoms with E-state index < -0.39 is 0 Å². The molecule has 0 aromatic heterocycles. The molecule has 0 N–H and O–H groups in total. The Bertz CT molecular complexity index is 382. The van der Waals surface area contributed by atoms with Crippen LogP contribution in [-0.2, 0) is 0 Å². The summed E-state index contributed by atoms with van der Waals surface area (Å²) in [5.74, 6) is 1.76. The molecular weight excluding hydrogens is 202 g/mol. The maximum Gasteiger partial charge on any atom is 0.146 e. The van der Waals surface area contributed by atoms with E-state index in [1.807, 2.05) is 12.1 Å². The monoisotopic (exact) mass is 221 g/mol. The van der Waals surface area contributed by atoms with Crippen molar-refractivity contribution in [3.05, 3.63) is 18.2 Å². The number of ether oxygens (including phenoxy) is 2. The second-order valence-corrected chi connectivity index (χ2v) is 5.00. The van der Waals surface area contributed by atoms with Crippen LogP contribution in [0.1, 0.15) is 20.8 Å². The number of rotatable bonds is 1. The Hall–Kier alpha value is -1.38. The predicted molar refractivity (Wildman–Crippen MR) is 65.6 cm³/mol. The van der Waals surface area contributed by atoms with E-state index in [9.17, 15) is 0 Å². The molecule has 0 bridgehead atoms. The van der Waals surface area contributed by atoms with E-state index in [2.05, 4.69) is 31.7 Å². The molecule has 1 aliphatic rings. The number of hydrogen-bond donors (Lipinski definition) is 0. The van der Waals surface area contributed by atoms with Gasteiger partial charge in [-0.3, -0.25) is 0 Å². The average molecular weight is 221 g/mol. The summed E-state index contributed by atoms with van der Waals surface area (Å²) in [5, 5.41) is 0. The summed E-state index contributed by atoms with van der Waals surface area (Å²) in [5.41, 5.74) is 1.27. The lowest BCUT2D eigenvalue weighted by Gasteiger charge is -2.41. The van der Waals surface area contributed by atoms with Gasteiger partial charge in [0, 0.05) is 11.6 Å². The molecule has 3 heteroatoms. The maximum absolute atomic E-state index is 5.67. The van der Waals surface area contributed by atoms with Crippen LogP contribution in [0.5, 0.6) is 11.5 Å². The number of hydrogen-bond acceptors (Lipinski definition) is 3. The molecule has 2 rings (SSSR count). The lowest BCUT2D eigenvalue weighted by molar-refractivity contribution is 0.287. The van der Waals surface area contributed by atoms with Gasteiger partial charge in [-0.05, 0) is 32.9 Å². The van der Waals surface area contributed by atoms with Crippen molar-refractivity contribution < 1.29 is 9.47 Å². The molecule has 0 amide bonds. The summed E-state index contributed by atoms with van der Waals surface area (Å²) in [4.78, 5) is 2.37. The normalized spacial score (nSPS) is 15.4. The quantitative estimate of drug-likeness (QED) is 0.727. The molecule has 0 radical (unpaired) electrons. The summed E-state index contributed by atoms with van der Waals surface area (Å²) in [6.07, 6.45) is 0. The molecule has 0 aliphatic carbocycles. The lowest BCUT2D eigenvalue weighted by Crippen LogP contribution is -2.46. The van der Waals surface area contributed by atoms with Crippen molar-refractivity contribution in [1.82, 2.24) is 0 Å². The van der Waals surface area contributed by atoms with Crippen molar-refractivity contribution in [2.24, 2.45) is 0 Å². The minimum Gasteiger partial charge on any atom is -0.497 e. The van der Waals surface area contributed by atoms with Gasteiger partial charge in [0.05, 0.1) is 19.3 Å². The van der Waals surface area contributed by atoms with Crippen LogP contribution in [0.2, 0.25) is 0 Å². The van der Waals surface area contributed by atoms with E-state index in [1.54, 1.807) is 7.11 Å². The first-order valence-electron chi connectivity index (χ1n) is 5.61. The van der Waals surface area contributed by atoms with Crippen LogP contribution >= 0.6 is 0 Å². The van der Waals surface area contributed by atoms with Crippen LogP contribution in [0.15, 0.2) is 18.2 Å². The average Bonchev–Trinajstić information content (AvgIpc) is 2.26. The molecule has 0 spiro atoms.